The summed E-state index contributed by atoms with van der Waals surface area (Å²) in [5, 5.41) is 0. The number of fused-ring (bicyclic) bond motifs is 1. The minimum absolute atomic E-state index is 0.147. The number of rotatable bonds is 5. The summed E-state index contributed by atoms with van der Waals surface area (Å²) in [6.07, 6.45) is 5.44. The molecule has 1 aliphatic heterocycles. The second-order valence-electron chi connectivity index (χ2n) is 9.95. The van der Waals surface area contributed by atoms with Crippen molar-refractivity contribution in [1.29, 1.82) is 0 Å². The molecule has 2 aromatic carbocycles. The van der Waals surface area contributed by atoms with E-state index < -0.39 is 18.0 Å². The molecule has 3 atom stereocenters. The standard InChI is InChI=1S/C29H31FN2O4/c1-5-22-16-31(29(34)36-28-11-9-23(35-4)15-25(28)30)27-14-20(8-10-26(27)32(22)18(3)33)21-12-17(2)24(13-21)19-6-7-19/h5,8-11,14-15,19,21-22,24H,1-2,6-7,12-13,16H2,3-4H3/t21?,22-,24?/m0/s1. The average Bonchev–Trinajstić information content (AvgIpc) is 3.64. The van der Waals surface area contributed by atoms with Gasteiger partial charge in [-0.25, -0.2) is 9.18 Å². The van der Waals surface area contributed by atoms with Crippen LogP contribution < -0.4 is 19.3 Å². The van der Waals surface area contributed by atoms with Crippen molar-refractivity contribution in [3.05, 3.63) is 72.6 Å². The number of carbonyl (C=O) groups is 2. The molecule has 0 aromatic heterocycles. The van der Waals surface area contributed by atoms with Crippen LogP contribution in [0.1, 0.15) is 44.1 Å². The Kier molecular flexibility index (Phi) is 6.33. The summed E-state index contributed by atoms with van der Waals surface area (Å²) in [6.45, 7) is 9.85. The molecule has 2 aromatic rings. The van der Waals surface area contributed by atoms with Crippen molar-refractivity contribution in [2.45, 2.75) is 44.6 Å². The van der Waals surface area contributed by atoms with Crippen molar-refractivity contribution in [2.75, 3.05) is 23.5 Å². The maximum atomic E-state index is 14.5. The number of carbonyl (C=O) groups excluding carboxylic acids is 2. The number of hydrogen-bond donors (Lipinski definition) is 0. The topological polar surface area (TPSA) is 59.1 Å². The number of ether oxygens (including phenoxy) is 2. The largest absolute Gasteiger partial charge is 0.497 e. The lowest BCUT2D eigenvalue weighted by Gasteiger charge is -2.40. The van der Waals surface area contributed by atoms with E-state index in [4.69, 9.17) is 9.47 Å². The van der Waals surface area contributed by atoms with Gasteiger partial charge in [-0.2, -0.15) is 0 Å². The Morgan fingerprint density at radius 2 is 1.92 bits per heavy atom. The van der Waals surface area contributed by atoms with Gasteiger partial charge in [0.2, 0.25) is 5.91 Å². The lowest BCUT2D eigenvalue weighted by Crippen LogP contribution is -2.52. The fraction of sp³-hybridized carbons (Fsp3) is 0.379. The quantitative estimate of drug-likeness (QED) is 0.467. The predicted molar refractivity (Wildman–Crippen MR) is 137 cm³/mol. The van der Waals surface area contributed by atoms with Crippen LogP contribution in [0, 0.1) is 17.7 Å². The monoisotopic (exact) mass is 490 g/mol. The highest BCUT2D eigenvalue weighted by molar-refractivity contribution is 6.03. The third-order valence-corrected chi connectivity index (χ3v) is 7.65. The summed E-state index contributed by atoms with van der Waals surface area (Å²) in [5.41, 5.74) is 3.58. The minimum Gasteiger partial charge on any atom is -0.497 e. The molecular weight excluding hydrogens is 459 g/mol. The van der Waals surface area contributed by atoms with Crippen LogP contribution in [0.15, 0.2) is 61.2 Å². The first-order valence-corrected chi connectivity index (χ1v) is 12.4. The lowest BCUT2D eigenvalue weighted by molar-refractivity contribution is -0.116. The number of methoxy groups -OCH3 is 1. The van der Waals surface area contributed by atoms with E-state index in [1.807, 2.05) is 18.2 Å². The Bertz CT molecular complexity index is 1240. The van der Waals surface area contributed by atoms with Gasteiger partial charge in [0.05, 0.1) is 31.1 Å². The van der Waals surface area contributed by atoms with E-state index in [2.05, 4.69) is 13.2 Å². The van der Waals surface area contributed by atoms with Crippen molar-refractivity contribution in [2.24, 2.45) is 11.8 Å². The molecule has 0 saturated heterocycles. The molecular formula is C29H31FN2O4. The zero-order valence-corrected chi connectivity index (χ0v) is 20.7. The van der Waals surface area contributed by atoms with Crippen LogP contribution in [0.3, 0.4) is 0 Å². The molecule has 2 fully saturated rings. The van der Waals surface area contributed by atoms with Gasteiger partial charge in [0, 0.05) is 13.0 Å². The molecule has 7 heteroatoms. The third kappa shape index (κ3) is 4.38. The molecule has 0 N–H and O–H groups in total. The van der Waals surface area contributed by atoms with Crippen molar-refractivity contribution < 1.29 is 23.5 Å². The molecule has 188 valence electrons. The van der Waals surface area contributed by atoms with Crippen LogP contribution in [0.5, 0.6) is 11.5 Å². The number of anilines is 2. The Hall–Kier alpha value is -3.61. The molecule has 2 saturated carbocycles. The normalized spacial score (nSPS) is 23.3. The van der Waals surface area contributed by atoms with Crippen LogP contribution >= 0.6 is 0 Å². The van der Waals surface area contributed by atoms with E-state index in [-0.39, 0.29) is 18.2 Å². The van der Waals surface area contributed by atoms with Gasteiger partial charge in [0.1, 0.15) is 5.75 Å². The summed E-state index contributed by atoms with van der Waals surface area (Å²) in [6, 6.07) is 9.52. The van der Waals surface area contributed by atoms with Crippen LogP contribution in [0.4, 0.5) is 20.6 Å². The lowest BCUT2D eigenvalue weighted by atomic mass is 9.93. The van der Waals surface area contributed by atoms with E-state index in [9.17, 15) is 14.0 Å². The molecule has 1 heterocycles. The van der Waals surface area contributed by atoms with Crippen LogP contribution in [-0.2, 0) is 4.79 Å². The summed E-state index contributed by atoms with van der Waals surface area (Å²) < 4.78 is 25.0. The zero-order chi connectivity index (χ0) is 25.6. The molecule has 0 radical (unpaired) electrons. The molecule has 2 amide bonds. The summed E-state index contributed by atoms with van der Waals surface area (Å²) in [7, 11) is 1.44. The van der Waals surface area contributed by atoms with Crippen molar-refractivity contribution in [3.63, 3.8) is 0 Å². The number of nitrogens with zero attached hydrogens (tertiary/aromatic N) is 2. The number of halogens is 1. The molecule has 6 nitrogen and oxygen atoms in total. The van der Waals surface area contributed by atoms with Gasteiger partial charge in [0.15, 0.2) is 11.6 Å². The van der Waals surface area contributed by atoms with Gasteiger partial charge < -0.3 is 14.4 Å². The Balaban J connectivity index is 1.49. The van der Waals surface area contributed by atoms with Gasteiger partial charge >= 0.3 is 6.09 Å². The highest BCUT2D eigenvalue weighted by Crippen LogP contribution is 2.52. The SMILES string of the molecule is C=C[C@H]1CN(C(=O)Oc2ccc(OC)cc2F)c2cc(C3CC(=C)C(C4CC4)C3)ccc2N1C(C)=O. The molecule has 5 rings (SSSR count). The predicted octanol–water partition coefficient (Wildman–Crippen LogP) is 6.22. The molecule has 0 spiro atoms. The number of hydrogen-bond acceptors (Lipinski definition) is 4. The van der Waals surface area contributed by atoms with Crippen molar-refractivity contribution in [1.82, 2.24) is 0 Å². The van der Waals surface area contributed by atoms with E-state index in [1.54, 1.807) is 11.0 Å². The first-order chi connectivity index (χ1) is 17.3. The Labute approximate surface area is 211 Å². The second-order valence-corrected chi connectivity index (χ2v) is 9.95. The van der Waals surface area contributed by atoms with Crippen LogP contribution in [-0.4, -0.2) is 31.7 Å². The molecule has 3 aliphatic rings. The molecule has 2 unspecified atom stereocenters. The molecule has 2 aliphatic carbocycles. The highest BCUT2D eigenvalue weighted by atomic mass is 19.1. The number of amides is 2. The fourth-order valence-corrected chi connectivity index (χ4v) is 5.66. The van der Waals surface area contributed by atoms with Gasteiger partial charge in [0.25, 0.3) is 0 Å². The minimum atomic E-state index is -0.723. The number of benzene rings is 2. The number of allylic oxidation sites excluding steroid dienone is 1. The first-order valence-electron chi connectivity index (χ1n) is 12.4. The van der Waals surface area contributed by atoms with Crippen molar-refractivity contribution in [3.8, 4) is 11.5 Å². The zero-order valence-electron chi connectivity index (χ0n) is 20.7. The van der Waals surface area contributed by atoms with Gasteiger partial charge in [-0.05, 0) is 73.3 Å². The third-order valence-electron chi connectivity index (χ3n) is 7.65. The van der Waals surface area contributed by atoms with Gasteiger partial charge in [-0.15, -0.1) is 6.58 Å². The maximum Gasteiger partial charge on any atom is 0.420 e. The summed E-state index contributed by atoms with van der Waals surface area (Å²) >= 11 is 0. The Morgan fingerprint density at radius 3 is 2.56 bits per heavy atom. The Morgan fingerprint density at radius 1 is 1.14 bits per heavy atom. The summed E-state index contributed by atoms with van der Waals surface area (Å²) in [5.74, 6) is 0.916. The van der Waals surface area contributed by atoms with Crippen LogP contribution in [0.2, 0.25) is 0 Å². The molecule has 36 heavy (non-hydrogen) atoms. The smallest absolute Gasteiger partial charge is 0.420 e. The van der Waals surface area contributed by atoms with Crippen LogP contribution in [0.25, 0.3) is 0 Å². The average molecular weight is 491 g/mol. The fourth-order valence-electron chi connectivity index (χ4n) is 5.66. The highest BCUT2D eigenvalue weighted by Gasteiger charge is 2.41. The first kappa shape index (κ1) is 24.1. The second kappa shape index (κ2) is 9.45. The van der Waals surface area contributed by atoms with Crippen molar-refractivity contribution >= 4 is 23.4 Å². The van der Waals surface area contributed by atoms with E-state index in [0.29, 0.717) is 29.0 Å². The van der Waals surface area contributed by atoms with Gasteiger partial charge in [-0.1, -0.05) is 24.3 Å². The van der Waals surface area contributed by atoms with Gasteiger partial charge in [-0.3, -0.25) is 9.69 Å². The van der Waals surface area contributed by atoms with E-state index >= 15 is 0 Å². The van der Waals surface area contributed by atoms with E-state index in [1.165, 1.54) is 49.5 Å². The summed E-state index contributed by atoms with van der Waals surface area (Å²) in [4.78, 5) is 29.1. The molecule has 0 bridgehead atoms. The van der Waals surface area contributed by atoms with E-state index in [0.717, 1.165) is 30.4 Å². The maximum absolute atomic E-state index is 14.5.